The molecule has 0 bridgehead atoms. The molecule has 0 saturated heterocycles. The first kappa shape index (κ1) is 10.5. The summed E-state index contributed by atoms with van der Waals surface area (Å²) >= 11 is 0. The number of fused-ring (bicyclic) bond motifs is 1. The topological polar surface area (TPSA) is 6.48 Å². The van der Waals surface area contributed by atoms with Crippen LogP contribution in [0.1, 0.15) is 23.5 Å². The summed E-state index contributed by atoms with van der Waals surface area (Å²) in [5.41, 5.74) is 2.88. The fourth-order valence-corrected chi connectivity index (χ4v) is 2.61. The lowest BCUT2D eigenvalue weighted by atomic mass is 9.97. The van der Waals surface area contributed by atoms with Gasteiger partial charge in [0.15, 0.2) is 0 Å². The Morgan fingerprint density at radius 2 is 2.12 bits per heavy atom. The Morgan fingerprint density at radius 1 is 1.24 bits per heavy atom. The molecule has 2 heteroatoms. The van der Waals surface area contributed by atoms with E-state index in [0.29, 0.717) is 5.92 Å². The quantitative estimate of drug-likeness (QED) is 0.782. The second-order valence-corrected chi connectivity index (χ2v) is 4.89. The van der Waals surface area contributed by atoms with E-state index < -0.39 is 0 Å². The lowest BCUT2D eigenvalue weighted by Gasteiger charge is -2.20. The first-order chi connectivity index (χ1) is 8.33. The molecule has 1 aliphatic heterocycles. The third kappa shape index (κ3) is 2.07. The smallest absolute Gasteiger partial charge is 0.0890 e. The van der Waals surface area contributed by atoms with Gasteiger partial charge in [0.25, 0.3) is 0 Å². The first-order valence-electron chi connectivity index (χ1n) is 6.23. The average molecular weight is 226 g/mol. The van der Waals surface area contributed by atoms with Gasteiger partial charge in [-0.3, -0.25) is 0 Å². The van der Waals surface area contributed by atoms with Gasteiger partial charge in [-0.25, -0.2) is 0 Å². The van der Waals surface area contributed by atoms with Crippen molar-refractivity contribution >= 4 is 6.08 Å². The van der Waals surface area contributed by atoms with Crippen molar-refractivity contribution in [1.82, 2.24) is 9.80 Å². The molecule has 3 rings (SSSR count). The zero-order chi connectivity index (χ0) is 11.7. The Balaban J connectivity index is 1.61. The molecule has 1 aromatic rings. The summed E-state index contributed by atoms with van der Waals surface area (Å²) < 4.78 is 0. The van der Waals surface area contributed by atoms with Crippen LogP contribution in [0.3, 0.4) is 0 Å². The molecule has 1 aliphatic carbocycles. The van der Waals surface area contributed by atoms with Crippen LogP contribution in [-0.2, 0) is 0 Å². The monoisotopic (exact) mass is 226 g/mol. The Labute approximate surface area is 103 Å². The minimum atomic E-state index is 0.602. The fourth-order valence-electron chi connectivity index (χ4n) is 2.61. The molecular weight excluding hydrogens is 208 g/mol. The Morgan fingerprint density at radius 3 is 2.94 bits per heavy atom. The van der Waals surface area contributed by atoms with Crippen LogP contribution >= 0.6 is 0 Å². The van der Waals surface area contributed by atoms with Crippen LogP contribution < -0.4 is 0 Å². The molecule has 0 fully saturated rings. The summed E-state index contributed by atoms with van der Waals surface area (Å²) in [5.74, 6) is 0.602. The highest BCUT2D eigenvalue weighted by Crippen LogP contribution is 2.32. The molecule has 17 heavy (non-hydrogen) atoms. The number of benzene rings is 1. The molecule has 1 unspecified atom stereocenters. The summed E-state index contributed by atoms with van der Waals surface area (Å²) in [5, 5.41) is 0. The van der Waals surface area contributed by atoms with Gasteiger partial charge < -0.3 is 9.80 Å². The van der Waals surface area contributed by atoms with Crippen LogP contribution in [0.4, 0.5) is 0 Å². The van der Waals surface area contributed by atoms with Gasteiger partial charge in [0.1, 0.15) is 0 Å². The van der Waals surface area contributed by atoms with Gasteiger partial charge in [0.05, 0.1) is 6.67 Å². The maximum absolute atomic E-state index is 2.37. The third-order valence-corrected chi connectivity index (χ3v) is 3.57. The van der Waals surface area contributed by atoms with Gasteiger partial charge in [-0.2, -0.15) is 0 Å². The molecule has 0 spiro atoms. The van der Waals surface area contributed by atoms with Crippen LogP contribution in [0.5, 0.6) is 0 Å². The molecule has 0 amide bonds. The van der Waals surface area contributed by atoms with Gasteiger partial charge >= 0.3 is 0 Å². The minimum absolute atomic E-state index is 0.602. The zero-order valence-corrected chi connectivity index (χ0v) is 10.2. The van der Waals surface area contributed by atoms with Gasteiger partial charge in [-0.05, 0) is 17.5 Å². The second-order valence-electron chi connectivity index (χ2n) is 4.89. The predicted octanol–water partition coefficient (Wildman–Crippen LogP) is 2.86. The van der Waals surface area contributed by atoms with Gasteiger partial charge in [-0.1, -0.05) is 36.4 Å². The Bertz CT molecular complexity index is 462. The van der Waals surface area contributed by atoms with Crippen molar-refractivity contribution in [3.63, 3.8) is 0 Å². The number of rotatable bonds is 3. The largest absolute Gasteiger partial charge is 0.362 e. The van der Waals surface area contributed by atoms with Crippen molar-refractivity contribution in [1.29, 1.82) is 0 Å². The van der Waals surface area contributed by atoms with E-state index in [1.165, 1.54) is 17.5 Å². The summed E-state index contributed by atoms with van der Waals surface area (Å²) in [6.07, 6.45) is 10.1. The van der Waals surface area contributed by atoms with E-state index in [2.05, 4.69) is 65.7 Å². The average Bonchev–Trinajstić information content (AvgIpc) is 2.93. The maximum Gasteiger partial charge on any atom is 0.0890 e. The van der Waals surface area contributed by atoms with E-state index in [-0.39, 0.29) is 0 Å². The van der Waals surface area contributed by atoms with Crippen molar-refractivity contribution in [3.05, 3.63) is 53.9 Å². The summed E-state index contributed by atoms with van der Waals surface area (Å²) in [6, 6.07) is 8.72. The summed E-state index contributed by atoms with van der Waals surface area (Å²) in [7, 11) is 2.11. The molecule has 2 aliphatic rings. The minimum Gasteiger partial charge on any atom is -0.362 e. The van der Waals surface area contributed by atoms with E-state index in [4.69, 9.17) is 0 Å². The molecule has 88 valence electrons. The molecule has 0 radical (unpaired) electrons. The van der Waals surface area contributed by atoms with E-state index in [9.17, 15) is 0 Å². The highest BCUT2D eigenvalue weighted by atomic mass is 15.3. The third-order valence-electron chi connectivity index (χ3n) is 3.57. The molecule has 2 nitrogen and oxygen atoms in total. The number of allylic oxidation sites excluding steroid dienone is 1. The lowest BCUT2D eigenvalue weighted by molar-refractivity contribution is 0.291. The second kappa shape index (κ2) is 4.28. The summed E-state index contributed by atoms with van der Waals surface area (Å²) in [4.78, 5) is 4.58. The SMILES string of the molecule is CN1C=CN(CCC2C=Cc3ccccc32)C1. The molecular formula is C15H18N2. The number of hydrogen-bond donors (Lipinski definition) is 0. The molecule has 0 saturated carbocycles. The van der Waals surface area contributed by atoms with Crippen molar-refractivity contribution < 1.29 is 0 Å². The van der Waals surface area contributed by atoms with Gasteiger partial charge in [-0.15, -0.1) is 0 Å². The fraction of sp³-hybridized carbons (Fsp3) is 0.333. The van der Waals surface area contributed by atoms with Crippen molar-refractivity contribution in [2.75, 3.05) is 20.3 Å². The van der Waals surface area contributed by atoms with Crippen LogP contribution in [0.15, 0.2) is 42.7 Å². The van der Waals surface area contributed by atoms with Gasteiger partial charge in [0, 0.05) is 31.9 Å². The lowest BCUT2D eigenvalue weighted by Crippen LogP contribution is -2.24. The highest BCUT2D eigenvalue weighted by molar-refractivity contribution is 5.62. The van der Waals surface area contributed by atoms with Crippen LogP contribution in [0.2, 0.25) is 0 Å². The van der Waals surface area contributed by atoms with Crippen LogP contribution in [0.25, 0.3) is 6.08 Å². The van der Waals surface area contributed by atoms with Crippen LogP contribution in [0, 0.1) is 0 Å². The van der Waals surface area contributed by atoms with Gasteiger partial charge in [0.2, 0.25) is 0 Å². The normalized spacial score (nSPS) is 21.4. The first-order valence-corrected chi connectivity index (χ1v) is 6.23. The molecule has 0 aromatic heterocycles. The number of nitrogens with zero attached hydrogens (tertiary/aromatic N) is 2. The van der Waals surface area contributed by atoms with Crippen molar-refractivity contribution in [2.24, 2.45) is 0 Å². The van der Waals surface area contributed by atoms with Crippen molar-refractivity contribution in [3.8, 4) is 0 Å². The molecule has 0 N–H and O–H groups in total. The molecule has 1 heterocycles. The van der Waals surface area contributed by atoms with Crippen molar-refractivity contribution in [2.45, 2.75) is 12.3 Å². The number of hydrogen-bond acceptors (Lipinski definition) is 2. The van der Waals surface area contributed by atoms with E-state index in [1.54, 1.807) is 0 Å². The van der Waals surface area contributed by atoms with E-state index >= 15 is 0 Å². The highest BCUT2D eigenvalue weighted by Gasteiger charge is 2.17. The predicted molar refractivity (Wildman–Crippen MR) is 71.3 cm³/mol. The van der Waals surface area contributed by atoms with Crippen LogP contribution in [-0.4, -0.2) is 30.1 Å². The maximum atomic E-state index is 2.37. The standard InChI is InChI=1S/C15H18N2/c1-16-10-11-17(12-16)9-8-14-7-6-13-4-2-3-5-15(13)14/h2-7,10-11,14H,8-9,12H2,1H3. The summed E-state index contributed by atoms with van der Waals surface area (Å²) in [6.45, 7) is 2.16. The molecule has 1 aromatic carbocycles. The zero-order valence-electron chi connectivity index (χ0n) is 10.2. The van der Waals surface area contributed by atoms with E-state index in [1.807, 2.05) is 0 Å². The Kier molecular flexibility index (Phi) is 2.63. The van der Waals surface area contributed by atoms with E-state index in [0.717, 1.165) is 13.2 Å². The Hall–Kier alpha value is -1.70. The molecule has 1 atom stereocenters.